The molecule has 1 atom stereocenters. The first-order chi connectivity index (χ1) is 15.7. The van der Waals surface area contributed by atoms with Crippen molar-refractivity contribution < 1.29 is 22.4 Å². The van der Waals surface area contributed by atoms with Crippen LogP contribution in [0, 0.1) is 0 Å². The van der Waals surface area contributed by atoms with Crippen LogP contribution in [0.2, 0.25) is 0 Å². The Kier molecular flexibility index (Phi) is 6.16. The SMILES string of the molecule is O=C(CCn1ccc(=O)[nH]c1=O)N1CCCC(c2nnc(-c3ccc(C(F)(F)F)cc3)o2)C1. The Morgan fingerprint density at radius 2 is 1.91 bits per heavy atom. The van der Waals surface area contributed by atoms with Gasteiger partial charge in [-0.25, -0.2) is 4.79 Å². The number of likely N-dealkylation sites (tertiary alicyclic amines) is 1. The van der Waals surface area contributed by atoms with E-state index in [2.05, 4.69) is 15.2 Å². The van der Waals surface area contributed by atoms with Gasteiger partial charge in [-0.1, -0.05) is 0 Å². The molecule has 1 N–H and O–H groups in total. The molecule has 9 nitrogen and oxygen atoms in total. The van der Waals surface area contributed by atoms with Gasteiger partial charge in [0, 0.05) is 43.9 Å². The number of halogens is 3. The van der Waals surface area contributed by atoms with E-state index in [1.807, 2.05) is 0 Å². The number of hydrogen-bond donors (Lipinski definition) is 1. The lowest BCUT2D eigenvalue weighted by Gasteiger charge is -2.31. The Hall–Kier alpha value is -3.70. The molecule has 4 rings (SSSR count). The van der Waals surface area contributed by atoms with Crippen molar-refractivity contribution in [2.24, 2.45) is 0 Å². The predicted octanol–water partition coefficient (Wildman–Crippen LogP) is 2.40. The number of aromatic amines is 1. The van der Waals surface area contributed by atoms with Gasteiger partial charge in [-0.3, -0.25) is 14.6 Å². The Labute approximate surface area is 184 Å². The van der Waals surface area contributed by atoms with Gasteiger partial charge in [0.2, 0.25) is 17.7 Å². The number of hydrogen-bond acceptors (Lipinski definition) is 6. The number of nitrogens with one attached hydrogen (secondary N) is 1. The molecule has 1 unspecified atom stereocenters. The number of aryl methyl sites for hydroxylation is 1. The molecule has 174 valence electrons. The van der Waals surface area contributed by atoms with Crippen molar-refractivity contribution in [1.82, 2.24) is 24.6 Å². The van der Waals surface area contributed by atoms with E-state index in [4.69, 9.17) is 4.42 Å². The Morgan fingerprint density at radius 3 is 2.61 bits per heavy atom. The molecule has 1 aliphatic rings. The molecule has 0 bridgehead atoms. The Balaban J connectivity index is 1.39. The fourth-order valence-corrected chi connectivity index (χ4v) is 3.72. The molecule has 1 fully saturated rings. The smallest absolute Gasteiger partial charge is 0.416 e. The molecule has 12 heteroatoms. The van der Waals surface area contributed by atoms with Crippen molar-refractivity contribution in [2.45, 2.75) is 37.9 Å². The summed E-state index contributed by atoms with van der Waals surface area (Å²) in [5.74, 6) is 0.0772. The highest BCUT2D eigenvalue weighted by molar-refractivity contribution is 5.76. The van der Waals surface area contributed by atoms with Crippen LogP contribution in [0.15, 0.2) is 50.5 Å². The first-order valence-electron chi connectivity index (χ1n) is 10.3. The van der Waals surface area contributed by atoms with E-state index in [0.717, 1.165) is 18.6 Å². The van der Waals surface area contributed by atoms with Crippen LogP contribution < -0.4 is 11.2 Å². The molecule has 0 spiro atoms. The number of piperidine rings is 1. The second-order valence-electron chi connectivity index (χ2n) is 7.75. The normalized spacial score (nSPS) is 16.7. The summed E-state index contributed by atoms with van der Waals surface area (Å²) in [5.41, 5.74) is -1.47. The van der Waals surface area contributed by atoms with Crippen molar-refractivity contribution in [3.8, 4) is 11.5 Å². The first kappa shape index (κ1) is 22.5. The lowest BCUT2D eigenvalue weighted by atomic mass is 9.98. The van der Waals surface area contributed by atoms with Gasteiger partial charge < -0.3 is 13.9 Å². The highest BCUT2D eigenvalue weighted by Crippen LogP contribution is 2.32. The lowest BCUT2D eigenvalue weighted by molar-refractivity contribution is -0.137. The summed E-state index contributed by atoms with van der Waals surface area (Å²) in [4.78, 5) is 39.3. The van der Waals surface area contributed by atoms with E-state index in [-0.39, 0.29) is 30.7 Å². The van der Waals surface area contributed by atoms with Gasteiger partial charge in [-0.15, -0.1) is 10.2 Å². The van der Waals surface area contributed by atoms with Crippen molar-refractivity contribution >= 4 is 5.91 Å². The van der Waals surface area contributed by atoms with Crippen LogP contribution in [-0.4, -0.2) is 43.6 Å². The maximum atomic E-state index is 12.7. The number of alkyl halides is 3. The third-order valence-corrected chi connectivity index (χ3v) is 5.49. The van der Waals surface area contributed by atoms with Gasteiger partial charge in [0.15, 0.2) is 0 Å². The van der Waals surface area contributed by atoms with Crippen LogP contribution in [0.25, 0.3) is 11.5 Å². The van der Waals surface area contributed by atoms with Crippen molar-refractivity contribution in [1.29, 1.82) is 0 Å². The second-order valence-corrected chi connectivity index (χ2v) is 7.75. The van der Waals surface area contributed by atoms with E-state index >= 15 is 0 Å². The number of H-pyrrole nitrogens is 1. The van der Waals surface area contributed by atoms with E-state index in [1.54, 1.807) is 4.90 Å². The van der Waals surface area contributed by atoms with E-state index in [0.29, 0.717) is 31.0 Å². The maximum Gasteiger partial charge on any atom is 0.416 e. The fraction of sp³-hybridized carbons (Fsp3) is 0.381. The summed E-state index contributed by atoms with van der Waals surface area (Å²) in [5, 5.41) is 7.99. The minimum Gasteiger partial charge on any atom is -0.420 e. The molecule has 1 aliphatic heterocycles. The molecule has 0 saturated carbocycles. The summed E-state index contributed by atoms with van der Waals surface area (Å²) in [6, 6.07) is 5.67. The molecule has 3 aromatic rings. The number of amides is 1. The second kappa shape index (κ2) is 9.04. The molecular formula is C21H20F3N5O4. The Morgan fingerprint density at radius 1 is 1.15 bits per heavy atom. The monoisotopic (exact) mass is 463 g/mol. The summed E-state index contributed by atoms with van der Waals surface area (Å²) < 4.78 is 45.2. The maximum absolute atomic E-state index is 12.7. The van der Waals surface area contributed by atoms with Crippen LogP contribution in [0.5, 0.6) is 0 Å². The van der Waals surface area contributed by atoms with E-state index in [1.165, 1.54) is 29.0 Å². The summed E-state index contributed by atoms with van der Waals surface area (Å²) in [6.07, 6.45) is -1.57. The van der Waals surface area contributed by atoms with Crippen LogP contribution >= 0.6 is 0 Å². The fourth-order valence-electron chi connectivity index (χ4n) is 3.72. The van der Waals surface area contributed by atoms with Gasteiger partial charge in [-0.2, -0.15) is 13.2 Å². The molecule has 2 aromatic heterocycles. The zero-order chi connectivity index (χ0) is 23.6. The Bertz CT molecular complexity index is 1250. The van der Waals surface area contributed by atoms with Gasteiger partial charge >= 0.3 is 11.9 Å². The van der Waals surface area contributed by atoms with Gasteiger partial charge in [0.05, 0.1) is 11.5 Å². The van der Waals surface area contributed by atoms with Gasteiger partial charge in [-0.05, 0) is 37.1 Å². The van der Waals surface area contributed by atoms with Crippen LogP contribution in [0.3, 0.4) is 0 Å². The number of nitrogens with zero attached hydrogens (tertiary/aromatic N) is 4. The first-order valence-corrected chi connectivity index (χ1v) is 10.3. The van der Waals surface area contributed by atoms with Gasteiger partial charge in [0.1, 0.15) is 0 Å². The van der Waals surface area contributed by atoms with Gasteiger partial charge in [0.25, 0.3) is 5.56 Å². The summed E-state index contributed by atoms with van der Waals surface area (Å²) in [7, 11) is 0. The molecule has 33 heavy (non-hydrogen) atoms. The molecule has 1 aromatic carbocycles. The van der Waals surface area contributed by atoms with Crippen LogP contribution in [0.1, 0.15) is 36.6 Å². The summed E-state index contributed by atoms with van der Waals surface area (Å²) in [6.45, 7) is 1.04. The molecular weight excluding hydrogens is 443 g/mol. The highest BCUT2D eigenvalue weighted by atomic mass is 19.4. The molecule has 0 radical (unpaired) electrons. The van der Waals surface area contributed by atoms with E-state index < -0.39 is 23.0 Å². The third kappa shape index (κ3) is 5.21. The lowest BCUT2D eigenvalue weighted by Crippen LogP contribution is -2.40. The number of aromatic nitrogens is 4. The standard InChI is InChI=1S/C21H20F3N5O4/c22-21(23,24)15-5-3-13(4-6-15)18-26-27-19(33-18)14-2-1-9-29(12-14)17(31)8-11-28-10-7-16(30)25-20(28)32/h3-7,10,14H,1-2,8-9,11-12H2,(H,25,30,32). The quantitative estimate of drug-likeness (QED) is 0.622. The van der Waals surface area contributed by atoms with Crippen molar-refractivity contribution in [3.05, 3.63) is 68.8 Å². The number of carbonyl (C=O) groups excluding carboxylic acids is 1. The van der Waals surface area contributed by atoms with E-state index in [9.17, 15) is 27.6 Å². The topological polar surface area (TPSA) is 114 Å². The molecule has 1 saturated heterocycles. The molecule has 3 heterocycles. The highest BCUT2D eigenvalue weighted by Gasteiger charge is 2.31. The number of benzene rings is 1. The molecule has 1 amide bonds. The minimum absolute atomic E-state index is 0.0826. The van der Waals surface area contributed by atoms with Crippen molar-refractivity contribution in [3.63, 3.8) is 0 Å². The third-order valence-electron chi connectivity index (χ3n) is 5.49. The average Bonchev–Trinajstić information content (AvgIpc) is 3.28. The van der Waals surface area contributed by atoms with Crippen molar-refractivity contribution in [2.75, 3.05) is 13.1 Å². The van der Waals surface area contributed by atoms with Crippen LogP contribution in [-0.2, 0) is 17.5 Å². The number of rotatable bonds is 5. The number of carbonyl (C=O) groups is 1. The largest absolute Gasteiger partial charge is 0.420 e. The predicted molar refractivity (Wildman–Crippen MR) is 109 cm³/mol. The molecule has 0 aliphatic carbocycles. The summed E-state index contributed by atoms with van der Waals surface area (Å²) >= 11 is 0. The zero-order valence-corrected chi connectivity index (χ0v) is 17.3. The van der Waals surface area contributed by atoms with Crippen LogP contribution in [0.4, 0.5) is 13.2 Å². The average molecular weight is 463 g/mol. The zero-order valence-electron chi connectivity index (χ0n) is 17.3. The minimum atomic E-state index is -4.43.